The van der Waals surface area contributed by atoms with E-state index in [1.54, 1.807) is 7.11 Å². The van der Waals surface area contributed by atoms with Gasteiger partial charge >= 0.3 is 0 Å². The van der Waals surface area contributed by atoms with Crippen LogP contribution in [0.1, 0.15) is 32.8 Å². The molecule has 0 aliphatic heterocycles. The number of nitrogens with zero attached hydrogens (tertiary/aromatic N) is 1. The molecule has 1 unspecified atom stereocenters. The molecule has 1 N–H and O–H groups in total. The molecule has 3 nitrogen and oxygen atoms in total. The first-order valence-corrected chi connectivity index (χ1v) is 6.68. The molecule has 18 heavy (non-hydrogen) atoms. The molecule has 0 radical (unpaired) electrons. The van der Waals surface area contributed by atoms with Crippen LogP contribution in [0.25, 0.3) is 0 Å². The van der Waals surface area contributed by atoms with Crippen molar-refractivity contribution in [1.82, 2.24) is 0 Å². The Kier molecular flexibility index (Phi) is 5.18. The highest BCUT2D eigenvalue weighted by Crippen LogP contribution is 2.23. The van der Waals surface area contributed by atoms with Gasteiger partial charge in [0.15, 0.2) is 0 Å². The van der Waals surface area contributed by atoms with Crippen molar-refractivity contribution in [3.63, 3.8) is 0 Å². The fourth-order valence-corrected chi connectivity index (χ4v) is 2.23. The molecule has 0 aliphatic carbocycles. The molecule has 98 valence electrons. The van der Waals surface area contributed by atoms with Crippen LogP contribution in [0.3, 0.4) is 0 Å². The monoisotopic (exact) mass is 310 g/mol. The van der Waals surface area contributed by atoms with Crippen LogP contribution in [-0.4, -0.2) is 18.8 Å². The first-order chi connectivity index (χ1) is 8.38. The highest BCUT2D eigenvalue weighted by Gasteiger charge is 2.20. The van der Waals surface area contributed by atoms with Gasteiger partial charge in [0.05, 0.1) is 16.9 Å². The zero-order valence-electron chi connectivity index (χ0n) is 11.2. The number of ether oxygens (including phenoxy) is 1. The third kappa shape index (κ3) is 4.32. The Morgan fingerprint density at radius 3 is 2.72 bits per heavy atom. The van der Waals surface area contributed by atoms with Gasteiger partial charge in [-0.25, -0.2) is 0 Å². The maximum Gasteiger partial charge on any atom is 0.101 e. The normalized spacial score (nSPS) is 12.9. The number of rotatable bonds is 5. The minimum absolute atomic E-state index is 0.172. The zero-order valence-corrected chi connectivity index (χ0v) is 12.8. The molecule has 0 fully saturated rings. The Hall–Kier alpha value is -1.05. The van der Waals surface area contributed by atoms with Gasteiger partial charge in [-0.1, -0.05) is 15.9 Å². The smallest absolute Gasteiger partial charge is 0.101 e. The van der Waals surface area contributed by atoms with Crippen molar-refractivity contribution < 1.29 is 4.74 Å². The van der Waals surface area contributed by atoms with Crippen molar-refractivity contribution in [2.24, 2.45) is 0 Å². The van der Waals surface area contributed by atoms with Crippen molar-refractivity contribution in [2.45, 2.75) is 38.8 Å². The molecule has 0 saturated carbocycles. The number of methoxy groups -OCH3 is 1. The molecule has 0 bridgehead atoms. The Morgan fingerprint density at radius 2 is 2.17 bits per heavy atom. The average molecular weight is 311 g/mol. The number of hydrogen-bond acceptors (Lipinski definition) is 3. The van der Waals surface area contributed by atoms with E-state index < -0.39 is 0 Å². The van der Waals surface area contributed by atoms with Gasteiger partial charge in [0.25, 0.3) is 0 Å². The number of halogens is 1. The van der Waals surface area contributed by atoms with Gasteiger partial charge in [0, 0.05) is 17.6 Å². The van der Waals surface area contributed by atoms with Crippen LogP contribution in [-0.2, 0) is 4.74 Å². The van der Waals surface area contributed by atoms with E-state index in [1.165, 1.54) is 0 Å². The molecule has 0 saturated heterocycles. The summed E-state index contributed by atoms with van der Waals surface area (Å²) < 4.78 is 6.32. The third-order valence-electron chi connectivity index (χ3n) is 2.85. The van der Waals surface area contributed by atoms with Crippen molar-refractivity contribution in [3.05, 3.63) is 28.2 Å². The molecule has 1 rings (SSSR count). The molecule has 1 aromatic rings. The van der Waals surface area contributed by atoms with Gasteiger partial charge < -0.3 is 10.1 Å². The molecule has 0 aromatic heterocycles. The van der Waals surface area contributed by atoms with Crippen LogP contribution in [0, 0.1) is 11.3 Å². The van der Waals surface area contributed by atoms with Crippen LogP contribution >= 0.6 is 15.9 Å². The number of nitrogens with one attached hydrogen (secondary N) is 1. The fourth-order valence-electron chi connectivity index (χ4n) is 1.87. The Morgan fingerprint density at radius 1 is 1.50 bits per heavy atom. The van der Waals surface area contributed by atoms with Gasteiger partial charge in [-0.3, -0.25) is 0 Å². The lowest BCUT2D eigenvalue weighted by atomic mass is 9.99. The predicted molar refractivity (Wildman–Crippen MR) is 77.6 cm³/mol. The lowest BCUT2D eigenvalue weighted by Gasteiger charge is -2.27. The van der Waals surface area contributed by atoms with Gasteiger partial charge in [0.2, 0.25) is 0 Å². The SMILES string of the molecule is COC(C)(C)CC(C)Nc1ccc(Br)cc1C#N. The van der Waals surface area contributed by atoms with Gasteiger partial charge in [0.1, 0.15) is 6.07 Å². The van der Waals surface area contributed by atoms with E-state index in [1.807, 2.05) is 18.2 Å². The van der Waals surface area contributed by atoms with E-state index in [0.29, 0.717) is 5.56 Å². The van der Waals surface area contributed by atoms with Crippen molar-refractivity contribution in [3.8, 4) is 6.07 Å². The molecular weight excluding hydrogens is 292 g/mol. The summed E-state index contributed by atoms with van der Waals surface area (Å²) in [7, 11) is 1.72. The van der Waals surface area contributed by atoms with E-state index in [2.05, 4.69) is 48.1 Å². The van der Waals surface area contributed by atoms with Crippen LogP contribution in [0.5, 0.6) is 0 Å². The second-order valence-corrected chi connectivity index (χ2v) is 5.93. The highest BCUT2D eigenvalue weighted by atomic mass is 79.9. The minimum Gasteiger partial charge on any atom is -0.381 e. The van der Waals surface area contributed by atoms with E-state index in [9.17, 15) is 0 Å². The lowest BCUT2D eigenvalue weighted by molar-refractivity contribution is 0.0128. The van der Waals surface area contributed by atoms with Gasteiger partial charge in [-0.15, -0.1) is 0 Å². The number of hydrogen-bond donors (Lipinski definition) is 1. The van der Waals surface area contributed by atoms with Crippen LogP contribution < -0.4 is 5.32 Å². The molecule has 1 aromatic carbocycles. The topological polar surface area (TPSA) is 45.0 Å². The predicted octanol–water partition coefficient (Wildman–Crippen LogP) is 3.94. The van der Waals surface area contributed by atoms with E-state index in [4.69, 9.17) is 10.00 Å². The summed E-state index contributed by atoms with van der Waals surface area (Å²) >= 11 is 3.36. The summed E-state index contributed by atoms with van der Waals surface area (Å²) in [6, 6.07) is 8.08. The number of nitriles is 1. The first kappa shape index (κ1) is 15.0. The van der Waals surface area contributed by atoms with E-state index in [0.717, 1.165) is 16.6 Å². The van der Waals surface area contributed by atoms with Crippen LogP contribution in [0.2, 0.25) is 0 Å². The Balaban J connectivity index is 2.77. The molecule has 4 heteroatoms. The molecule has 0 aliphatic rings. The van der Waals surface area contributed by atoms with Crippen molar-refractivity contribution in [2.75, 3.05) is 12.4 Å². The summed E-state index contributed by atoms with van der Waals surface area (Å²) in [4.78, 5) is 0. The second-order valence-electron chi connectivity index (χ2n) is 5.02. The minimum atomic E-state index is -0.172. The average Bonchev–Trinajstić information content (AvgIpc) is 2.30. The summed E-state index contributed by atoms with van der Waals surface area (Å²) in [6.45, 7) is 6.19. The summed E-state index contributed by atoms with van der Waals surface area (Å²) in [5.41, 5.74) is 1.33. The maximum atomic E-state index is 9.10. The standard InChI is InChI=1S/C14H19BrN2O/c1-10(8-14(2,3)18-4)17-13-6-5-12(15)7-11(13)9-16/h5-7,10,17H,8H2,1-4H3. The summed E-state index contributed by atoms with van der Waals surface area (Å²) in [5.74, 6) is 0. The van der Waals surface area contributed by atoms with Crippen molar-refractivity contribution in [1.29, 1.82) is 5.26 Å². The van der Waals surface area contributed by atoms with E-state index >= 15 is 0 Å². The van der Waals surface area contributed by atoms with Gasteiger partial charge in [-0.05, 0) is 45.4 Å². The lowest BCUT2D eigenvalue weighted by Crippen LogP contribution is -2.31. The number of anilines is 1. The van der Waals surface area contributed by atoms with Crippen molar-refractivity contribution >= 4 is 21.6 Å². The molecule has 0 spiro atoms. The largest absolute Gasteiger partial charge is 0.381 e. The molecule has 0 heterocycles. The molecule has 1 atom stereocenters. The summed E-state index contributed by atoms with van der Waals surface area (Å²) in [6.07, 6.45) is 0.866. The maximum absolute atomic E-state index is 9.10. The summed E-state index contributed by atoms with van der Waals surface area (Å²) in [5, 5.41) is 12.5. The highest BCUT2D eigenvalue weighted by molar-refractivity contribution is 9.10. The fraction of sp³-hybridized carbons (Fsp3) is 0.500. The second kappa shape index (κ2) is 6.21. The Labute approximate surface area is 117 Å². The zero-order chi connectivity index (χ0) is 13.8. The first-order valence-electron chi connectivity index (χ1n) is 5.89. The Bertz CT molecular complexity index is 452. The number of benzene rings is 1. The van der Waals surface area contributed by atoms with Crippen LogP contribution in [0.15, 0.2) is 22.7 Å². The molecule has 0 amide bonds. The quantitative estimate of drug-likeness (QED) is 0.896. The van der Waals surface area contributed by atoms with Gasteiger partial charge in [-0.2, -0.15) is 5.26 Å². The third-order valence-corrected chi connectivity index (χ3v) is 3.35. The van der Waals surface area contributed by atoms with E-state index in [-0.39, 0.29) is 11.6 Å². The molecular formula is C14H19BrN2O. The van der Waals surface area contributed by atoms with Crippen LogP contribution in [0.4, 0.5) is 5.69 Å².